The number of aliphatic hydroxyl groups is 1. The minimum absolute atomic E-state index is 0.203. The topological polar surface area (TPSA) is 58.6 Å². The van der Waals surface area contributed by atoms with E-state index in [0.717, 1.165) is 0 Å². The van der Waals surface area contributed by atoms with Gasteiger partial charge in [0, 0.05) is 6.42 Å². The molecule has 0 bridgehead atoms. The maximum Gasteiger partial charge on any atom is 0.305 e. The number of esters is 1. The zero-order valence-electron chi connectivity index (χ0n) is 8.06. The van der Waals surface area contributed by atoms with Crippen molar-refractivity contribution < 1.29 is 23.4 Å². The second-order valence-corrected chi connectivity index (χ2v) is 2.87. The Bertz CT molecular complexity index is 176. The van der Waals surface area contributed by atoms with E-state index in [4.69, 9.17) is 5.11 Å². The number of alkyl halides is 2. The van der Waals surface area contributed by atoms with Crippen LogP contribution in [0.2, 0.25) is 0 Å². The van der Waals surface area contributed by atoms with Gasteiger partial charge in [-0.15, -0.1) is 0 Å². The standard InChI is InChI=1S/C8H15F2NO3/c1-14-7(13)3-2-4-11-5-8(9,10)6-12/h11-12H,2-6H2,1H3. The molecule has 0 saturated carbocycles. The predicted octanol–water partition coefficient (Wildman–Crippen LogP) is 0.157. The molecule has 6 heteroatoms. The van der Waals surface area contributed by atoms with Crippen molar-refractivity contribution >= 4 is 5.97 Å². The Labute approximate surface area is 81.2 Å². The monoisotopic (exact) mass is 211 g/mol. The van der Waals surface area contributed by atoms with Gasteiger partial charge >= 0.3 is 5.97 Å². The van der Waals surface area contributed by atoms with Crippen LogP contribution in [0.1, 0.15) is 12.8 Å². The second-order valence-electron chi connectivity index (χ2n) is 2.87. The molecule has 84 valence electrons. The molecule has 0 aliphatic heterocycles. The van der Waals surface area contributed by atoms with Gasteiger partial charge in [0.25, 0.3) is 5.92 Å². The summed E-state index contributed by atoms with van der Waals surface area (Å²) in [5, 5.41) is 10.7. The summed E-state index contributed by atoms with van der Waals surface area (Å²) >= 11 is 0. The van der Waals surface area contributed by atoms with E-state index in [1.165, 1.54) is 7.11 Å². The molecule has 0 atom stereocenters. The van der Waals surface area contributed by atoms with Gasteiger partial charge in [-0.05, 0) is 13.0 Å². The van der Waals surface area contributed by atoms with Crippen molar-refractivity contribution in [3.63, 3.8) is 0 Å². The molecule has 0 aliphatic carbocycles. The maximum absolute atomic E-state index is 12.4. The van der Waals surface area contributed by atoms with Crippen LogP contribution in [-0.4, -0.2) is 43.8 Å². The summed E-state index contributed by atoms with van der Waals surface area (Å²) in [7, 11) is 1.27. The molecule has 0 amide bonds. The van der Waals surface area contributed by atoms with Gasteiger partial charge in [-0.2, -0.15) is 0 Å². The lowest BCUT2D eigenvalue weighted by atomic mass is 10.3. The number of aliphatic hydroxyl groups excluding tert-OH is 1. The Hall–Kier alpha value is -0.750. The number of hydrogen-bond acceptors (Lipinski definition) is 4. The van der Waals surface area contributed by atoms with Crippen LogP contribution in [0.3, 0.4) is 0 Å². The van der Waals surface area contributed by atoms with Crippen molar-refractivity contribution in [2.75, 3.05) is 26.8 Å². The molecule has 0 radical (unpaired) electrons. The average Bonchev–Trinajstić information content (AvgIpc) is 2.17. The van der Waals surface area contributed by atoms with E-state index in [-0.39, 0.29) is 12.4 Å². The van der Waals surface area contributed by atoms with Crippen molar-refractivity contribution in [3.05, 3.63) is 0 Å². The number of carbonyl (C=O) groups is 1. The number of halogens is 2. The molecular weight excluding hydrogens is 196 g/mol. The van der Waals surface area contributed by atoms with Crippen LogP contribution < -0.4 is 5.32 Å². The molecule has 0 aromatic rings. The molecule has 0 aliphatic rings. The first-order valence-electron chi connectivity index (χ1n) is 4.28. The molecule has 0 spiro atoms. The fourth-order valence-corrected chi connectivity index (χ4v) is 0.787. The SMILES string of the molecule is COC(=O)CCCNCC(F)(F)CO. The van der Waals surface area contributed by atoms with Crippen LogP contribution >= 0.6 is 0 Å². The van der Waals surface area contributed by atoms with Crippen LogP contribution in [0, 0.1) is 0 Å². The Kier molecular flexibility index (Phi) is 6.31. The van der Waals surface area contributed by atoms with Crippen LogP contribution in [0.5, 0.6) is 0 Å². The molecule has 2 N–H and O–H groups in total. The van der Waals surface area contributed by atoms with E-state index in [2.05, 4.69) is 10.1 Å². The summed E-state index contributed by atoms with van der Waals surface area (Å²) in [6.45, 7) is -1.45. The summed E-state index contributed by atoms with van der Waals surface area (Å²) < 4.78 is 29.2. The second kappa shape index (κ2) is 6.67. The zero-order chi connectivity index (χ0) is 11.0. The first kappa shape index (κ1) is 13.2. The molecule has 0 aromatic heterocycles. The van der Waals surface area contributed by atoms with Gasteiger partial charge in [0.2, 0.25) is 0 Å². The molecule has 0 saturated heterocycles. The summed E-state index contributed by atoms with van der Waals surface area (Å²) in [6, 6.07) is 0. The number of carbonyl (C=O) groups excluding carboxylic acids is 1. The van der Waals surface area contributed by atoms with Crippen LogP contribution in [0.25, 0.3) is 0 Å². The fraction of sp³-hybridized carbons (Fsp3) is 0.875. The number of hydrogen-bond donors (Lipinski definition) is 2. The van der Waals surface area contributed by atoms with E-state index in [9.17, 15) is 13.6 Å². The highest BCUT2D eigenvalue weighted by Crippen LogP contribution is 2.09. The van der Waals surface area contributed by atoms with E-state index in [1.807, 2.05) is 0 Å². The largest absolute Gasteiger partial charge is 0.469 e. The van der Waals surface area contributed by atoms with Crippen molar-refractivity contribution in [2.24, 2.45) is 0 Å². The smallest absolute Gasteiger partial charge is 0.305 e. The van der Waals surface area contributed by atoms with E-state index >= 15 is 0 Å². The van der Waals surface area contributed by atoms with Gasteiger partial charge in [0.05, 0.1) is 13.7 Å². The van der Waals surface area contributed by atoms with E-state index in [1.54, 1.807) is 0 Å². The van der Waals surface area contributed by atoms with Crippen molar-refractivity contribution in [3.8, 4) is 0 Å². The number of methoxy groups -OCH3 is 1. The van der Waals surface area contributed by atoms with Gasteiger partial charge in [0.15, 0.2) is 0 Å². The van der Waals surface area contributed by atoms with E-state index in [0.29, 0.717) is 13.0 Å². The Morgan fingerprint density at radius 2 is 2.21 bits per heavy atom. The quantitative estimate of drug-likeness (QED) is 0.465. The summed E-state index contributed by atoms with van der Waals surface area (Å²) in [5.74, 6) is -3.45. The third kappa shape index (κ3) is 6.73. The summed E-state index contributed by atoms with van der Waals surface area (Å²) in [6.07, 6.45) is 0.641. The first-order chi connectivity index (χ1) is 6.52. The number of ether oxygens (including phenoxy) is 1. The lowest BCUT2D eigenvalue weighted by molar-refractivity contribution is -0.140. The normalized spacial score (nSPS) is 11.4. The number of rotatable bonds is 7. The van der Waals surface area contributed by atoms with E-state index < -0.39 is 19.1 Å². The van der Waals surface area contributed by atoms with Crippen LogP contribution in [0.15, 0.2) is 0 Å². The highest BCUT2D eigenvalue weighted by molar-refractivity contribution is 5.68. The third-order valence-electron chi connectivity index (χ3n) is 1.58. The third-order valence-corrected chi connectivity index (χ3v) is 1.58. The maximum atomic E-state index is 12.4. The zero-order valence-corrected chi connectivity index (χ0v) is 8.06. The highest BCUT2D eigenvalue weighted by atomic mass is 19.3. The average molecular weight is 211 g/mol. The van der Waals surface area contributed by atoms with Crippen molar-refractivity contribution in [1.82, 2.24) is 5.32 Å². The Morgan fingerprint density at radius 1 is 1.57 bits per heavy atom. The lowest BCUT2D eigenvalue weighted by Crippen LogP contribution is -2.36. The molecule has 0 aromatic carbocycles. The summed E-state index contributed by atoms with van der Waals surface area (Å²) in [4.78, 5) is 10.6. The molecule has 0 unspecified atom stereocenters. The molecule has 0 rings (SSSR count). The molecule has 14 heavy (non-hydrogen) atoms. The van der Waals surface area contributed by atoms with Gasteiger partial charge in [-0.25, -0.2) is 8.78 Å². The molecule has 0 heterocycles. The minimum Gasteiger partial charge on any atom is -0.469 e. The minimum atomic E-state index is -3.09. The Balaban J connectivity index is 3.34. The van der Waals surface area contributed by atoms with Crippen molar-refractivity contribution in [2.45, 2.75) is 18.8 Å². The van der Waals surface area contributed by atoms with Gasteiger partial charge in [-0.3, -0.25) is 4.79 Å². The molecule has 4 nitrogen and oxygen atoms in total. The molecular formula is C8H15F2NO3. The predicted molar refractivity (Wildman–Crippen MR) is 46.2 cm³/mol. The summed E-state index contributed by atoms with van der Waals surface area (Å²) in [5.41, 5.74) is 0. The van der Waals surface area contributed by atoms with Gasteiger partial charge in [-0.1, -0.05) is 0 Å². The van der Waals surface area contributed by atoms with Gasteiger partial charge < -0.3 is 15.2 Å². The van der Waals surface area contributed by atoms with Crippen LogP contribution in [0.4, 0.5) is 8.78 Å². The highest BCUT2D eigenvalue weighted by Gasteiger charge is 2.26. The van der Waals surface area contributed by atoms with Gasteiger partial charge in [0.1, 0.15) is 6.61 Å². The van der Waals surface area contributed by atoms with Crippen LogP contribution in [-0.2, 0) is 9.53 Å². The first-order valence-corrected chi connectivity index (χ1v) is 4.28. The van der Waals surface area contributed by atoms with Crippen molar-refractivity contribution in [1.29, 1.82) is 0 Å². The number of nitrogens with one attached hydrogen (secondary N) is 1. The lowest BCUT2D eigenvalue weighted by Gasteiger charge is -2.13. The molecule has 0 fully saturated rings. The fourth-order valence-electron chi connectivity index (χ4n) is 0.787. The Morgan fingerprint density at radius 3 is 2.71 bits per heavy atom.